The zero-order valence-corrected chi connectivity index (χ0v) is 8.90. The Morgan fingerprint density at radius 1 is 1.38 bits per heavy atom. The Kier molecular flexibility index (Phi) is 2.60. The molecule has 0 saturated carbocycles. The number of carbonyl (C=O) groups is 2. The summed E-state index contributed by atoms with van der Waals surface area (Å²) in [6.07, 6.45) is 2.33. The number of imide groups is 1. The monoisotopic (exact) mass is 220 g/mol. The molecular formula is C11H12N2O3. The molecule has 84 valence electrons. The number of nitrogens with zero attached hydrogens (tertiary/aromatic N) is 1. The van der Waals surface area contributed by atoms with Crippen LogP contribution in [0.15, 0.2) is 23.1 Å². The SMILES string of the molecule is Cn1cccc(C2CCC(=O)NC2=O)c1=O. The third-order valence-electron chi connectivity index (χ3n) is 2.77. The standard InChI is InChI=1S/C11H12N2O3/c1-13-6-2-3-8(11(13)16)7-4-5-9(14)12-10(7)15/h2-3,6-7H,4-5H2,1H3,(H,12,14,15). The summed E-state index contributed by atoms with van der Waals surface area (Å²) in [7, 11) is 1.64. The highest BCUT2D eigenvalue weighted by Gasteiger charge is 2.29. The van der Waals surface area contributed by atoms with E-state index in [1.54, 1.807) is 25.4 Å². The fourth-order valence-corrected chi connectivity index (χ4v) is 1.87. The van der Waals surface area contributed by atoms with Crippen molar-refractivity contribution < 1.29 is 9.59 Å². The van der Waals surface area contributed by atoms with Crippen molar-refractivity contribution in [2.24, 2.45) is 7.05 Å². The topological polar surface area (TPSA) is 68.2 Å². The first-order valence-corrected chi connectivity index (χ1v) is 5.09. The molecule has 0 spiro atoms. The minimum Gasteiger partial charge on any atom is -0.318 e. The van der Waals surface area contributed by atoms with Crippen molar-refractivity contribution in [3.05, 3.63) is 34.2 Å². The minimum atomic E-state index is -0.502. The maximum atomic E-state index is 11.8. The number of carbonyl (C=O) groups excluding carboxylic acids is 2. The second-order valence-corrected chi connectivity index (χ2v) is 3.88. The Balaban J connectivity index is 2.38. The fourth-order valence-electron chi connectivity index (χ4n) is 1.87. The second-order valence-electron chi connectivity index (χ2n) is 3.88. The van der Waals surface area contributed by atoms with E-state index in [0.717, 1.165) is 0 Å². The van der Waals surface area contributed by atoms with E-state index in [0.29, 0.717) is 12.0 Å². The third-order valence-corrected chi connectivity index (χ3v) is 2.77. The smallest absolute Gasteiger partial charge is 0.254 e. The number of amides is 2. The summed E-state index contributed by atoms with van der Waals surface area (Å²) in [5, 5.41) is 2.25. The van der Waals surface area contributed by atoms with Gasteiger partial charge in [0.15, 0.2) is 0 Å². The molecule has 1 aliphatic rings. The van der Waals surface area contributed by atoms with Crippen molar-refractivity contribution in [3.8, 4) is 0 Å². The lowest BCUT2D eigenvalue weighted by atomic mass is 9.91. The van der Waals surface area contributed by atoms with Gasteiger partial charge in [0, 0.05) is 25.2 Å². The Morgan fingerprint density at radius 2 is 2.12 bits per heavy atom. The highest BCUT2D eigenvalue weighted by molar-refractivity contribution is 6.00. The van der Waals surface area contributed by atoms with Crippen LogP contribution in [0.2, 0.25) is 0 Å². The number of pyridine rings is 1. The van der Waals surface area contributed by atoms with E-state index in [4.69, 9.17) is 0 Å². The molecule has 0 aromatic carbocycles. The lowest BCUT2D eigenvalue weighted by molar-refractivity contribution is -0.134. The molecule has 2 amide bonds. The molecule has 1 unspecified atom stereocenters. The summed E-state index contributed by atoms with van der Waals surface area (Å²) in [5.41, 5.74) is 0.270. The Hall–Kier alpha value is -1.91. The number of rotatable bonds is 1. The van der Waals surface area contributed by atoms with Crippen molar-refractivity contribution in [2.45, 2.75) is 18.8 Å². The normalized spacial score (nSPS) is 20.7. The fraction of sp³-hybridized carbons (Fsp3) is 0.364. The van der Waals surface area contributed by atoms with Crippen LogP contribution in [0, 0.1) is 0 Å². The van der Waals surface area contributed by atoms with Gasteiger partial charge in [-0.15, -0.1) is 0 Å². The predicted molar refractivity (Wildman–Crippen MR) is 56.8 cm³/mol. The maximum Gasteiger partial charge on any atom is 0.254 e. The summed E-state index contributed by atoms with van der Waals surface area (Å²) in [4.78, 5) is 34.4. The first kappa shape index (κ1) is 10.6. The van der Waals surface area contributed by atoms with Gasteiger partial charge in [0.25, 0.3) is 5.56 Å². The molecule has 5 heteroatoms. The Morgan fingerprint density at radius 3 is 2.81 bits per heavy atom. The van der Waals surface area contributed by atoms with E-state index >= 15 is 0 Å². The first-order valence-electron chi connectivity index (χ1n) is 5.09. The number of nitrogens with one attached hydrogen (secondary N) is 1. The van der Waals surface area contributed by atoms with Crippen molar-refractivity contribution in [2.75, 3.05) is 0 Å². The van der Waals surface area contributed by atoms with Crippen LogP contribution >= 0.6 is 0 Å². The van der Waals surface area contributed by atoms with Crippen molar-refractivity contribution >= 4 is 11.8 Å². The van der Waals surface area contributed by atoms with Crippen LogP contribution in [0.25, 0.3) is 0 Å². The van der Waals surface area contributed by atoms with Crippen LogP contribution in [0.1, 0.15) is 24.3 Å². The van der Waals surface area contributed by atoms with Crippen LogP contribution < -0.4 is 10.9 Å². The molecule has 1 aromatic heterocycles. The summed E-state index contributed by atoms with van der Waals surface area (Å²) < 4.78 is 1.43. The molecule has 1 saturated heterocycles. The predicted octanol–water partition coefficient (Wildman–Crippen LogP) is -0.0945. The first-order chi connectivity index (χ1) is 7.59. The lowest BCUT2D eigenvalue weighted by Gasteiger charge is -2.20. The van der Waals surface area contributed by atoms with Gasteiger partial charge >= 0.3 is 0 Å². The van der Waals surface area contributed by atoms with E-state index in [1.165, 1.54) is 4.57 Å². The van der Waals surface area contributed by atoms with Gasteiger partial charge in [-0.1, -0.05) is 6.07 Å². The highest BCUT2D eigenvalue weighted by atomic mass is 16.2. The van der Waals surface area contributed by atoms with E-state index in [2.05, 4.69) is 5.32 Å². The second kappa shape index (κ2) is 3.92. The average Bonchev–Trinajstić information content (AvgIpc) is 2.23. The van der Waals surface area contributed by atoms with Gasteiger partial charge in [0.1, 0.15) is 0 Å². The molecule has 0 aliphatic carbocycles. The van der Waals surface area contributed by atoms with Gasteiger partial charge in [-0.05, 0) is 12.5 Å². The van der Waals surface area contributed by atoms with Crippen molar-refractivity contribution in [3.63, 3.8) is 0 Å². The molecule has 5 nitrogen and oxygen atoms in total. The van der Waals surface area contributed by atoms with E-state index in [1.807, 2.05) is 0 Å². The molecule has 1 N–H and O–H groups in total. The number of aryl methyl sites for hydroxylation is 1. The summed E-state index contributed by atoms with van der Waals surface area (Å²) in [6, 6.07) is 3.36. The molecule has 0 radical (unpaired) electrons. The number of hydrogen-bond donors (Lipinski definition) is 1. The van der Waals surface area contributed by atoms with E-state index < -0.39 is 5.92 Å². The number of piperidine rings is 1. The molecule has 0 bridgehead atoms. The summed E-state index contributed by atoms with van der Waals surface area (Å²) >= 11 is 0. The largest absolute Gasteiger partial charge is 0.318 e. The Bertz CT molecular complexity index is 504. The van der Waals surface area contributed by atoms with Crippen LogP contribution in [0.3, 0.4) is 0 Å². The zero-order chi connectivity index (χ0) is 11.7. The zero-order valence-electron chi connectivity index (χ0n) is 8.90. The van der Waals surface area contributed by atoms with Crippen LogP contribution in [0.4, 0.5) is 0 Å². The number of aromatic nitrogens is 1. The van der Waals surface area contributed by atoms with Gasteiger partial charge in [0.05, 0.1) is 5.92 Å². The van der Waals surface area contributed by atoms with Crippen LogP contribution in [0.5, 0.6) is 0 Å². The van der Waals surface area contributed by atoms with Gasteiger partial charge in [0.2, 0.25) is 11.8 Å². The molecule has 1 aliphatic heterocycles. The van der Waals surface area contributed by atoms with Crippen molar-refractivity contribution in [1.29, 1.82) is 0 Å². The van der Waals surface area contributed by atoms with Crippen molar-refractivity contribution in [1.82, 2.24) is 9.88 Å². The molecule has 1 fully saturated rings. The van der Waals surface area contributed by atoms with Gasteiger partial charge in [-0.2, -0.15) is 0 Å². The minimum absolute atomic E-state index is 0.183. The molecule has 2 rings (SSSR count). The molecular weight excluding hydrogens is 208 g/mol. The highest BCUT2D eigenvalue weighted by Crippen LogP contribution is 2.21. The molecule has 16 heavy (non-hydrogen) atoms. The number of hydrogen-bond acceptors (Lipinski definition) is 3. The van der Waals surface area contributed by atoms with Gasteiger partial charge in [-0.3, -0.25) is 19.7 Å². The molecule has 2 heterocycles. The van der Waals surface area contributed by atoms with Gasteiger partial charge in [-0.25, -0.2) is 0 Å². The van der Waals surface area contributed by atoms with Crippen LogP contribution in [-0.4, -0.2) is 16.4 Å². The molecule has 1 aromatic rings. The average molecular weight is 220 g/mol. The summed E-state index contributed by atoms with van der Waals surface area (Å²) in [6.45, 7) is 0. The van der Waals surface area contributed by atoms with E-state index in [-0.39, 0.29) is 23.8 Å². The lowest BCUT2D eigenvalue weighted by Crippen LogP contribution is -2.41. The molecule has 1 atom stereocenters. The van der Waals surface area contributed by atoms with Crippen LogP contribution in [-0.2, 0) is 16.6 Å². The summed E-state index contributed by atoms with van der Waals surface area (Å²) in [5.74, 6) is -1.15. The van der Waals surface area contributed by atoms with E-state index in [9.17, 15) is 14.4 Å². The van der Waals surface area contributed by atoms with Gasteiger partial charge < -0.3 is 4.57 Å². The quantitative estimate of drug-likeness (QED) is 0.672. The maximum absolute atomic E-state index is 11.8. The third kappa shape index (κ3) is 1.76. The Labute approximate surface area is 92.1 Å².